The van der Waals surface area contributed by atoms with Crippen molar-refractivity contribution in [3.05, 3.63) is 12.2 Å². The highest BCUT2D eigenvalue weighted by Gasteiger charge is 1.87. The Bertz CT molecular complexity index is 86.9. The molecule has 0 nitrogen and oxygen atoms in total. The van der Waals surface area contributed by atoms with Crippen LogP contribution in [0.25, 0.3) is 0 Å². The first-order valence-corrected chi connectivity index (χ1v) is 5.71. The molecule has 0 unspecified atom stereocenters. The lowest BCUT2D eigenvalue weighted by Gasteiger charge is -1.96. The van der Waals surface area contributed by atoms with Crippen molar-refractivity contribution in [3.8, 4) is 0 Å². The van der Waals surface area contributed by atoms with Gasteiger partial charge < -0.3 is 0 Å². The Hall–Kier alpha value is 0.220. The van der Waals surface area contributed by atoms with E-state index in [9.17, 15) is 0 Å². The largest absolute Gasteiger partial charge is 0.0928 e. The van der Waals surface area contributed by atoms with Gasteiger partial charge in [-0.3, -0.25) is 0 Å². The van der Waals surface area contributed by atoms with Crippen LogP contribution in [0.15, 0.2) is 12.2 Å². The molecule has 0 amide bonds. The zero-order valence-corrected chi connectivity index (χ0v) is 9.07. The van der Waals surface area contributed by atoms with Crippen LogP contribution in [0, 0.1) is 0 Å². The molecule has 66 valence electrons. The molecule has 0 aromatic rings. The third kappa shape index (κ3) is 10.2. The van der Waals surface area contributed by atoms with Crippen LogP contribution in [-0.2, 0) is 0 Å². The van der Waals surface area contributed by atoms with Gasteiger partial charge in [0.2, 0.25) is 0 Å². The molecule has 0 heterocycles. The van der Waals surface area contributed by atoms with Crippen LogP contribution in [0.3, 0.4) is 0 Å². The van der Waals surface area contributed by atoms with Crippen molar-refractivity contribution >= 4 is 15.9 Å². The van der Waals surface area contributed by atoms with Crippen LogP contribution < -0.4 is 0 Å². The zero-order chi connectivity index (χ0) is 8.36. The van der Waals surface area contributed by atoms with Crippen molar-refractivity contribution in [1.82, 2.24) is 0 Å². The summed E-state index contributed by atoms with van der Waals surface area (Å²) >= 11 is 3.43. The van der Waals surface area contributed by atoms with Crippen LogP contribution in [0.2, 0.25) is 0 Å². The van der Waals surface area contributed by atoms with Gasteiger partial charge in [-0.25, -0.2) is 0 Å². The van der Waals surface area contributed by atoms with E-state index in [0.717, 1.165) is 0 Å². The quantitative estimate of drug-likeness (QED) is 0.340. The first kappa shape index (κ1) is 11.2. The average molecular weight is 219 g/mol. The molecule has 0 aromatic heterocycles. The highest BCUT2D eigenvalue weighted by Crippen LogP contribution is 2.06. The first-order valence-electron chi connectivity index (χ1n) is 4.59. The van der Waals surface area contributed by atoms with Gasteiger partial charge in [0.05, 0.1) is 0 Å². The van der Waals surface area contributed by atoms with Crippen molar-refractivity contribution in [3.63, 3.8) is 0 Å². The molecule has 1 heteroatoms. The van der Waals surface area contributed by atoms with Gasteiger partial charge in [0.1, 0.15) is 0 Å². The number of allylic oxidation sites excluding steroid dienone is 2. The van der Waals surface area contributed by atoms with Crippen LogP contribution in [0.4, 0.5) is 0 Å². The van der Waals surface area contributed by atoms with Gasteiger partial charge in [-0.05, 0) is 26.2 Å². The molecule has 0 fully saturated rings. The third-order valence-corrected chi connectivity index (χ3v) is 2.30. The summed E-state index contributed by atoms with van der Waals surface area (Å²) < 4.78 is 0. The number of unbranched alkanes of at least 4 members (excludes halogenated alkanes) is 5. The van der Waals surface area contributed by atoms with E-state index in [0.29, 0.717) is 0 Å². The number of halogens is 1. The normalized spacial score (nSPS) is 11.1. The molecule has 0 spiro atoms. The summed E-state index contributed by atoms with van der Waals surface area (Å²) in [4.78, 5) is 0. The van der Waals surface area contributed by atoms with Crippen molar-refractivity contribution in [1.29, 1.82) is 0 Å². The van der Waals surface area contributed by atoms with Crippen molar-refractivity contribution < 1.29 is 0 Å². The van der Waals surface area contributed by atoms with E-state index in [1.165, 1.54) is 43.9 Å². The summed E-state index contributed by atoms with van der Waals surface area (Å²) in [6, 6.07) is 0. The number of rotatable bonds is 7. The molecular formula is C10H19Br. The summed E-state index contributed by atoms with van der Waals surface area (Å²) in [5.74, 6) is 0. The topological polar surface area (TPSA) is 0 Å². The molecule has 0 atom stereocenters. The second-order valence-electron chi connectivity index (χ2n) is 2.81. The lowest BCUT2D eigenvalue weighted by molar-refractivity contribution is 0.641. The second-order valence-corrected chi connectivity index (χ2v) is 3.61. The summed E-state index contributed by atoms with van der Waals surface area (Å²) in [6.07, 6.45) is 12.6. The van der Waals surface area contributed by atoms with E-state index < -0.39 is 0 Å². The average Bonchev–Trinajstić information content (AvgIpc) is 2.03. The maximum Gasteiger partial charge on any atom is 0.00313 e. The minimum atomic E-state index is 1.17. The SMILES string of the molecule is CC=CCCCCCCCBr. The Balaban J connectivity index is 2.79. The third-order valence-electron chi connectivity index (χ3n) is 1.74. The Morgan fingerprint density at radius 1 is 1.00 bits per heavy atom. The standard InChI is InChI=1S/C10H19Br/c1-2-3-4-5-6-7-8-9-10-11/h2-3H,4-10H2,1H3. The summed E-state index contributed by atoms with van der Waals surface area (Å²) in [7, 11) is 0. The van der Waals surface area contributed by atoms with Crippen molar-refractivity contribution in [2.75, 3.05) is 5.33 Å². The van der Waals surface area contributed by atoms with Crippen molar-refractivity contribution in [2.45, 2.75) is 45.4 Å². The minimum Gasteiger partial charge on any atom is -0.0928 e. The molecule has 0 bridgehead atoms. The van der Waals surface area contributed by atoms with Gasteiger partial charge in [0.25, 0.3) is 0 Å². The number of hydrogen-bond donors (Lipinski definition) is 0. The van der Waals surface area contributed by atoms with Gasteiger partial charge in [-0.1, -0.05) is 47.3 Å². The summed E-state index contributed by atoms with van der Waals surface area (Å²) in [6.45, 7) is 2.09. The van der Waals surface area contributed by atoms with Gasteiger partial charge in [-0.2, -0.15) is 0 Å². The molecule has 0 aliphatic rings. The van der Waals surface area contributed by atoms with E-state index in [-0.39, 0.29) is 0 Å². The molecule has 11 heavy (non-hydrogen) atoms. The molecule has 0 saturated carbocycles. The van der Waals surface area contributed by atoms with Crippen LogP contribution in [-0.4, -0.2) is 5.33 Å². The molecule has 0 aliphatic carbocycles. The van der Waals surface area contributed by atoms with Gasteiger partial charge in [-0.15, -0.1) is 0 Å². The Morgan fingerprint density at radius 3 is 2.27 bits per heavy atom. The van der Waals surface area contributed by atoms with E-state index in [2.05, 4.69) is 35.0 Å². The Labute approximate surface area is 79.2 Å². The molecular weight excluding hydrogens is 200 g/mol. The maximum atomic E-state index is 3.43. The van der Waals surface area contributed by atoms with Gasteiger partial charge in [0, 0.05) is 5.33 Å². The molecule has 0 radical (unpaired) electrons. The van der Waals surface area contributed by atoms with Crippen LogP contribution in [0.1, 0.15) is 45.4 Å². The lowest BCUT2D eigenvalue weighted by atomic mass is 10.1. The monoisotopic (exact) mass is 218 g/mol. The first-order chi connectivity index (χ1) is 5.41. The highest BCUT2D eigenvalue weighted by molar-refractivity contribution is 9.09. The fraction of sp³-hybridized carbons (Fsp3) is 0.800. The minimum absolute atomic E-state index is 1.17. The summed E-state index contributed by atoms with van der Waals surface area (Å²) in [5, 5.41) is 1.17. The van der Waals surface area contributed by atoms with E-state index >= 15 is 0 Å². The Kier molecular flexibility index (Phi) is 10.4. The number of hydrogen-bond acceptors (Lipinski definition) is 0. The van der Waals surface area contributed by atoms with Crippen LogP contribution >= 0.6 is 15.9 Å². The van der Waals surface area contributed by atoms with Gasteiger partial charge >= 0.3 is 0 Å². The van der Waals surface area contributed by atoms with E-state index in [4.69, 9.17) is 0 Å². The molecule has 0 aliphatic heterocycles. The lowest BCUT2D eigenvalue weighted by Crippen LogP contribution is -1.78. The number of alkyl halides is 1. The van der Waals surface area contributed by atoms with E-state index in [1.54, 1.807) is 0 Å². The molecule has 0 N–H and O–H groups in total. The van der Waals surface area contributed by atoms with Gasteiger partial charge in [0.15, 0.2) is 0 Å². The summed E-state index contributed by atoms with van der Waals surface area (Å²) in [5.41, 5.74) is 0. The second kappa shape index (κ2) is 10.2. The highest BCUT2D eigenvalue weighted by atomic mass is 79.9. The van der Waals surface area contributed by atoms with E-state index in [1.807, 2.05) is 0 Å². The zero-order valence-electron chi connectivity index (χ0n) is 7.48. The predicted octanol–water partition coefficient (Wildman–Crippen LogP) is 4.30. The van der Waals surface area contributed by atoms with Crippen LogP contribution in [0.5, 0.6) is 0 Å². The maximum absolute atomic E-state index is 3.43. The van der Waals surface area contributed by atoms with Crippen molar-refractivity contribution in [2.24, 2.45) is 0 Å². The fourth-order valence-corrected chi connectivity index (χ4v) is 1.45. The molecule has 0 aromatic carbocycles. The smallest absolute Gasteiger partial charge is 0.00313 e. The molecule has 0 saturated heterocycles. The molecule has 0 rings (SSSR count). The predicted molar refractivity (Wildman–Crippen MR) is 56.3 cm³/mol. The Morgan fingerprint density at radius 2 is 1.64 bits per heavy atom. The fourth-order valence-electron chi connectivity index (χ4n) is 1.05.